The molecule has 0 bridgehead atoms. The summed E-state index contributed by atoms with van der Waals surface area (Å²) < 4.78 is 6.93. The van der Waals surface area contributed by atoms with E-state index in [-0.39, 0.29) is 0 Å². The third-order valence-electron chi connectivity index (χ3n) is 12.6. The van der Waals surface area contributed by atoms with E-state index in [2.05, 4.69) is 188 Å². The van der Waals surface area contributed by atoms with Gasteiger partial charge in [0.25, 0.3) is 0 Å². The number of hydrogen-bond donors (Lipinski definition) is 0. The summed E-state index contributed by atoms with van der Waals surface area (Å²) in [7, 11) is 0. The van der Waals surface area contributed by atoms with Crippen molar-refractivity contribution in [3.05, 3.63) is 224 Å². The molecule has 0 aliphatic heterocycles. The van der Waals surface area contributed by atoms with Gasteiger partial charge in [0.05, 0.1) is 22.8 Å². The smallest absolute Gasteiger partial charge is 0.227 e. The molecule has 3 heterocycles. The molecule has 0 N–H and O–H groups in total. The number of aromatic nitrogens is 5. The highest BCUT2D eigenvalue weighted by Crippen LogP contribution is 2.40. The van der Waals surface area contributed by atoms with Gasteiger partial charge in [-0.05, 0) is 74.8 Å². The van der Waals surface area contributed by atoms with Crippen LogP contribution in [0.4, 0.5) is 0 Å². The van der Waals surface area contributed by atoms with Crippen molar-refractivity contribution in [3.8, 4) is 79.3 Å². The number of benzene rings is 10. The first kappa shape index (κ1) is 38.3. The van der Waals surface area contributed by atoms with E-state index in [0.29, 0.717) is 17.5 Å². The molecule has 0 saturated carbocycles. The quantitative estimate of drug-likeness (QED) is 0.149. The van der Waals surface area contributed by atoms with Gasteiger partial charge in [0, 0.05) is 49.7 Å². The molecular weight excluding hydrogens is 819 g/mol. The zero-order chi connectivity index (χ0) is 44.3. The molecule has 67 heavy (non-hydrogen) atoms. The van der Waals surface area contributed by atoms with Crippen LogP contribution >= 0.6 is 0 Å². The lowest BCUT2D eigenvalue weighted by atomic mass is 9.98. The molecule has 6 nitrogen and oxygen atoms in total. The molecule has 13 rings (SSSR count). The topological polar surface area (TPSA) is 77.6 Å². The summed E-state index contributed by atoms with van der Waals surface area (Å²) in [6.07, 6.45) is 0. The average molecular weight is 856 g/mol. The molecule has 312 valence electrons. The van der Waals surface area contributed by atoms with Crippen molar-refractivity contribution < 1.29 is 4.42 Å². The lowest BCUT2D eigenvalue weighted by molar-refractivity contribution is 0.623. The molecule has 0 aliphatic carbocycles. The molecule has 13 aromatic rings. The lowest BCUT2D eigenvalue weighted by Crippen LogP contribution is -1.98. The van der Waals surface area contributed by atoms with E-state index in [4.69, 9.17) is 29.3 Å². The van der Waals surface area contributed by atoms with Crippen molar-refractivity contribution >= 4 is 54.2 Å². The molecule has 0 atom stereocenters. The zero-order valence-corrected chi connectivity index (χ0v) is 36.0. The third-order valence-corrected chi connectivity index (χ3v) is 12.6. The number of fused-ring (bicyclic) bond motifs is 8. The second-order valence-corrected chi connectivity index (χ2v) is 16.9. The highest BCUT2D eigenvalue weighted by molar-refractivity contribution is 6.22. The van der Waals surface area contributed by atoms with Crippen LogP contribution in [0.3, 0.4) is 0 Å². The highest BCUT2D eigenvalue weighted by Gasteiger charge is 2.20. The van der Waals surface area contributed by atoms with Gasteiger partial charge < -0.3 is 4.42 Å². The maximum atomic E-state index is 6.93. The molecule has 0 spiro atoms. The maximum Gasteiger partial charge on any atom is 0.227 e. The van der Waals surface area contributed by atoms with Gasteiger partial charge in [-0.3, -0.25) is 0 Å². The number of rotatable bonds is 7. The third kappa shape index (κ3) is 6.96. The van der Waals surface area contributed by atoms with Gasteiger partial charge in [0.15, 0.2) is 17.2 Å². The van der Waals surface area contributed by atoms with E-state index in [0.717, 1.165) is 116 Å². The normalized spacial score (nSPS) is 11.6. The fourth-order valence-electron chi connectivity index (χ4n) is 9.31. The fraction of sp³-hybridized carbons (Fsp3) is 0. The van der Waals surface area contributed by atoms with Crippen LogP contribution in [0.15, 0.2) is 229 Å². The van der Waals surface area contributed by atoms with E-state index < -0.39 is 0 Å². The van der Waals surface area contributed by atoms with Crippen LogP contribution in [0.2, 0.25) is 0 Å². The van der Waals surface area contributed by atoms with Crippen molar-refractivity contribution in [3.63, 3.8) is 0 Å². The van der Waals surface area contributed by atoms with E-state index in [9.17, 15) is 0 Å². The molecule has 0 aliphatic rings. The van der Waals surface area contributed by atoms with Crippen molar-refractivity contribution in [2.75, 3.05) is 0 Å². The minimum atomic E-state index is 0.499. The first-order valence-electron chi connectivity index (χ1n) is 22.4. The fourth-order valence-corrected chi connectivity index (χ4v) is 9.31. The van der Waals surface area contributed by atoms with Crippen LogP contribution in [0.25, 0.3) is 133 Å². The minimum Gasteiger partial charge on any atom is -0.435 e. The lowest BCUT2D eigenvalue weighted by Gasteiger charge is -2.13. The number of nitrogens with zero attached hydrogens (tertiary/aromatic N) is 5. The number of oxazole rings is 1. The van der Waals surface area contributed by atoms with Crippen molar-refractivity contribution in [1.82, 2.24) is 24.9 Å². The predicted molar refractivity (Wildman–Crippen MR) is 273 cm³/mol. The van der Waals surface area contributed by atoms with Crippen molar-refractivity contribution in [2.45, 2.75) is 0 Å². The Labute approximate surface area is 385 Å². The van der Waals surface area contributed by atoms with Crippen molar-refractivity contribution in [2.24, 2.45) is 0 Å². The molecule has 0 fully saturated rings. The molecule has 0 radical (unpaired) electrons. The largest absolute Gasteiger partial charge is 0.435 e. The van der Waals surface area contributed by atoms with Crippen LogP contribution in [0.1, 0.15) is 0 Å². The van der Waals surface area contributed by atoms with Gasteiger partial charge in [-0.15, -0.1) is 0 Å². The summed E-state index contributed by atoms with van der Waals surface area (Å²) in [6, 6.07) is 77.5. The molecule has 0 saturated heterocycles. The molecule has 0 unspecified atom stereocenters. The highest BCUT2D eigenvalue weighted by atomic mass is 16.3. The zero-order valence-electron chi connectivity index (χ0n) is 36.0. The minimum absolute atomic E-state index is 0.499. The Morgan fingerprint density at radius 2 is 0.657 bits per heavy atom. The molecule has 6 heteroatoms. The van der Waals surface area contributed by atoms with Crippen LogP contribution < -0.4 is 0 Å². The van der Waals surface area contributed by atoms with E-state index in [1.165, 1.54) is 0 Å². The SMILES string of the molecule is c1ccc(-c2cc(-c3cc(-c4cc(-c5ccccc5)nc(-c5ccc6ccccc6c5)n4)cc(-c4nc5c6ccccc6c6ccccc6c5o4)c3)nc(-c3ccc4ccccc4c3)n2)cc1. The Kier molecular flexibility index (Phi) is 9.06. The van der Waals surface area contributed by atoms with Crippen LogP contribution in [0.5, 0.6) is 0 Å². The summed E-state index contributed by atoms with van der Waals surface area (Å²) in [5.74, 6) is 1.75. The van der Waals surface area contributed by atoms with Gasteiger partial charge in [-0.1, -0.05) is 182 Å². The Hall–Kier alpha value is -9.13. The van der Waals surface area contributed by atoms with E-state index >= 15 is 0 Å². The van der Waals surface area contributed by atoms with Gasteiger partial charge in [-0.25, -0.2) is 24.9 Å². The maximum absolute atomic E-state index is 6.93. The molecular formula is C61H37N5O. The van der Waals surface area contributed by atoms with E-state index in [1.807, 2.05) is 36.4 Å². The molecule has 10 aromatic carbocycles. The summed E-state index contributed by atoms with van der Waals surface area (Å²) >= 11 is 0. The van der Waals surface area contributed by atoms with Crippen LogP contribution in [-0.2, 0) is 0 Å². The van der Waals surface area contributed by atoms with Crippen LogP contribution in [0, 0.1) is 0 Å². The van der Waals surface area contributed by atoms with Gasteiger partial charge >= 0.3 is 0 Å². The van der Waals surface area contributed by atoms with Gasteiger partial charge in [0.1, 0.15) is 5.52 Å². The Bertz CT molecular complexity index is 3790. The summed E-state index contributed by atoms with van der Waals surface area (Å²) in [5.41, 5.74) is 11.0. The molecule has 0 amide bonds. The second kappa shape index (κ2) is 15.8. The second-order valence-electron chi connectivity index (χ2n) is 16.9. The van der Waals surface area contributed by atoms with Crippen LogP contribution in [-0.4, -0.2) is 24.9 Å². The summed E-state index contributed by atoms with van der Waals surface area (Å²) in [6.45, 7) is 0. The molecule has 3 aromatic heterocycles. The Morgan fingerprint density at radius 3 is 1.18 bits per heavy atom. The average Bonchev–Trinajstić information content (AvgIpc) is 3.87. The summed E-state index contributed by atoms with van der Waals surface area (Å²) in [5, 5.41) is 8.85. The van der Waals surface area contributed by atoms with Gasteiger partial charge in [0.2, 0.25) is 5.89 Å². The summed E-state index contributed by atoms with van der Waals surface area (Å²) in [4.78, 5) is 26.5. The monoisotopic (exact) mass is 855 g/mol. The first-order valence-corrected chi connectivity index (χ1v) is 22.4. The first-order chi connectivity index (χ1) is 33.1. The van der Waals surface area contributed by atoms with Gasteiger partial charge in [-0.2, -0.15) is 0 Å². The Morgan fingerprint density at radius 1 is 0.254 bits per heavy atom. The number of hydrogen-bond acceptors (Lipinski definition) is 6. The predicted octanol–water partition coefficient (Wildman–Crippen LogP) is 15.7. The van der Waals surface area contributed by atoms with Crippen molar-refractivity contribution in [1.29, 1.82) is 0 Å². The Balaban J connectivity index is 1.07. The van der Waals surface area contributed by atoms with E-state index in [1.54, 1.807) is 0 Å². The standard InChI is InChI=1S/C61H37N5O/c1-3-17-40(18-4-1)53-36-55(64-59(62-53)44-29-27-38-15-7-9-21-42(38)31-44)46-33-47(35-48(34-46)61-66-57-51-25-13-11-23-49(51)50-24-12-14-26-52(50)58(57)67-61)56-37-54(41-19-5-2-6-20-41)63-60(65-56)45-30-28-39-16-8-10-22-43(39)32-45/h1-37H.